The molecule has 1 heterocycles. The first-order valence-electron chi connectivity index (χ1n) is 4.45. The Morgan fingerprint density at radius 2 is 2.50 bits per heavy atom. The van der Waals surface area contributed by atoms with Crippen LogP contribution < -0.4 is 0 Å². The Morgan fingerprint density at radius 3 is 3.00 bits per heavy atom. The number of carbonyl (C=O) groups is 1. The van der Waals surface area contributed by atoms with Crippen molar-refractivity contribution < 1.29 is 14.3 Å². The number of carboxylic acids is 1. The monoisotopic (exact) mass is 215 g/mol. The van der Waals surface area contributed by atoms with Gasteiger partial charge in [0.1, 0.15) is 6.26 Å². The molecule has 14 heavy (non-hydrogen) atoms. The largest absolute Gasteiger partial charge is 0.476 e. The lowest BCUT2D eigenvalue weighted by Gasteiger charge is -2.03. The van der Waals surface area contributed by atoms with E-state index in [0.29, 0.717) is 11.1 Å². The molecule has 4 nitrogen and oxygen atoms in total. The molecule has 0 radical (unpaired) electrons. The Kier molecular flexibility index (Phi) is 4.00. The summed E-state index contributed by atoms with van der Waals surface area (Å²) in [7, 11) is 0. The Bertz CT molecular complexity index is 311. The molecule has 1 aromatic heterocycles. The molecule has 0 aliphatic rings. The van der Waals surface area contributed by atoms with Crippen LogP contribution >= 0.6 is 11.8 Å². The molecule has 0 bridgehead atoms. The fourth-order valence-electron chi connectivity index (χ4n) is 0.753. The van der Waals surface area contributed by atoms with Gasteiger partial charge in [-0.2, -0.15) is 4.98 Å². The summed E-state index contributed by atoms with van der Waals surface area (Å²) >= 11 is 1.45. The van der Waals surface area contributed by atoms with Gasteiger partial charge in [-0.05, 0) is 5.92 Å². The number of oxazole rings is 1. The molecule has 0 aliphatic carbocycles. The maximum Gasteiger partial charge on any atom is 0.357 e. The molecule has 0 fully saturated rings. The summed E-state index contributed by atoms with van der Waals surface area (Å²) in [5.41, 5.74) is -0.0309. The predicted octanol–water partition coefficient (Wildman–Crippen LogP) is 2.51. The topological polar surface area (TPSA) is 63.3 Å². The van der Waals surface area contributed by atoms with Crippen LogP contribution in [0.2, 0.25) is 0 Å². The lowest BCUT2D eigenvalue weighted by Crippen LogP contribution is -1.97. The van der Waals surface area contributed by atoms with Gasteiger partial charge in [-0.1, -0.05) is 32.0 Å². The van der Waals surface area contributed by atoms with Crippen LogP contribution in [-0.2, 0) is 0 Å². The van der Waals surface area contributed by atoms with E-state index < -0.39 is 5.97 Å². The second-order valence-corrected chi connectivity index (χ2v) is 4.10. The SMILES string of the molecule is CCC(C)CSc1nc(C(=O)O)co1. The van der Waals surface area contributed by atoms with E-state index in [1.54, 1.807) is 0 Å². The summed E-state index contributed by atoms with van der Waals surface area (Å²) in [5, 5.41) is 9.02. The number of rotatable bonds is 5. The van der Waals surface area contributed by atoms with Gasteiger partial charge in [0.2, 0.25) is 0 Å². The minimum Gasteiger partial charge on any atom is -0.476 e. The molecule has 1 atom stereocenters. The Labute approximate surface area is 86.7 Å². The van der Waals surface area contributed by atoms with Crippen LogP contribution in [0.3, 0.4) is 0 Å². The minimum absolute atomic E-state index is 0.0309. The predicted molar refractivity (Wildman–Crippen MR) is 53.6 cm³/mol. The number of hydrogen-bond donors (Lipinski definition) is 1. The van der Waals surface area contributed by atoms with Crippen molar-refractivity contribution in [2.24, 2.45) is 5.92 Å². The van der Waals surface area contributed by atoms with Gasteiger partial charge in [0.05, 0.1) is 0 Å². The summed E-state index contributed by atoms with van der Waals surface area (Å²) in [4.78, 5) is 14.3. The highest BCUT2D eigenvalue weighted by Gasteiger charge is 2.11. The van der Waals surface area contributed by atoms with Gasteiger partial charge >= 0.3 is 5.97 Å². The van der Waals surface area contributed by atoms with Gasteiger partial charge in [0.25, 0.3) is 5.22 Å². The Hall–Kier alpha value is -0.970. The van der Waals surface area contributed by atoms with Crippen LogP contribution in [0.25, 0.3) is 0 Å². The first-order valence-corrected chi connectivity index (χ1v) is 5.43. The summed E-state index contributed by atoms with van der Waals surface area (Å²) < 4.78 is 4.99. The molecule has 0 amide bonds. The van der Waals surface area contributed by atoms with E-state index in [-0.39, 0.29) is 5.69 Å². The van der Waals surface area contributed by atoms with E-state index in [1.807, 2.05) is 0 Å². The Balaban J connectivity index is 2.48. The highest BCUT2D eigenvalue weighted by atomic mass is 32.2. The molecule has 1 aromatic rings. The molecule has 1 rings (SSSR count). The smallest absolute Gasteiger partial charge is 0.357 e. The van der Waals surface area contributed by atoms with Gasteiger partial charge in [-0.25, -0.2) is 4.79 Å². The minimum atomic E-state index is -1.05. The van der Waals surface area contributed by atoms with Crippen LogP contribution in [0, 0.1) is 5.92 Å². The van der Waals surface area contributed by atoms with E-state index in [0.717, 1.165) is 12.2 Å². The van der Waals surface area contributed by atoms with Crippen molar-refractivity contribution in [1.29, 1.82) is 0 Å². The molecule has 78 valence electrons. The molecular weight excluding hydrogens is 202 g/mol. The van der Waals surface area contributed by atoms with Crippen molar-refractivity contribution in [1.82, 2.24) is 4.98 Å². The lowest BCUT2D eigenvalue weighted by atomic mass is 10.2. The molecule has 5 heteroatoms. The number of aromatic nitrogens is 1. The van der Waals surface area contributed by atoms with E-state index in [4.69, 9.17) is 9.52 Å². The molecule has 0 saturated heterocycles. The highest BCUT2D eigenvalue weighted by molar-refractivity contribution is 7.99. The fraction of sp³-hybridized carbons (Fsp3) is 0.556. The number of carboxylic acid groups (broad SMARTS) is 1. The molecular formula is C9H13NO3S. The average molecular weight is 215 g/mol. The highest BCUT2D eigenvalue weighted by Crippen LogP contribution is 2.20. The summed E-state index contributed by atoms with van der Waals surface area (Å²) in [5.74, 6) is 0.431. The van der Waals surface area contributed by atoms with Crippen molar-refractivity contribution in [3.05, 3.63) is 12.0 Å². The van der Waals surface area contributed by atoms with Crippen molar-refractivity contribution >= 4 is 17.7 Å². The molecule has 1 unspecified atom stereocenters. The first-order chi connectivity index (χ1) is 6.63. The van der Waals surface area contributed by atoms with Gasteiger partial charge in [0, 0.05) is 5.75 Å². The van der Waals surface area contributed by atoms with Crippen LogP contribution in [0.4, 0.5) is 0 Å². The average Bonchev–Trinajstić information content (AvgIpc) is 2.62. The summed E-state index contributed by atoms with van der Waals surface area (Å²) in [6.45, 7) is 4.25. The number of hydrogen-bond acceptors (Lipinski definition) is 4. The zero-order chi connectivity index (χ0) is 10.6. The number of aromatic carboxylic acids is 1. The zero-order valence-electron chi connectivity index (χ0n) is 8.19. The molecule has 0 saturated carbocycles. The van der Waals surface area contributed by atoms with Crippen LogP contribution in [0.5, 0.6) is 0 Å². The lowest BCUT2D eigenvalue weighted by molar-refractivity contribution is 0.0690. The van der Waals surface area contributed by atoms with Crippen molar-refractivity contribution in [2.75, 3.05) is 5.75 Å². The van der Waals surface area contributed by atoms with E-state index >= 15 is 0 Å². The van der Waals surface area contributed by atoms with Crippen molar-refractivity contribution in [2.45, 2.75) is 25.5 Å². The van der Waals surface area contributed by atoms with Crippen LogP contribution in [0.15, 0.2) is 15.9 Å². The van der Waals surface area contributed by atoms with E-state index in [1.165, 1.54) is 18.0 Å². The second kappa shape index (κ2) is 5.05. The number of thioether (sulfide) groups is 1. The van der Waals surface area contributed by atoms with E-state index in [2.05, 4.69) is 18.8 Å². The van der Waals surface area contributed by atoms with Gasteiger partial charge in [-0.15, -0.1) is 0 Å². The normalized spacial score (nSPS) is 12.7. The summed E-state index contributed by atoms with van der Waals surface area (Å²) in [6.07, 6.45) is 2.26. The molecule has 0 aliphatic heterocycles. The zero-order valence-corrected chi connectivity index (χ0v) is 9.00. The Morgan fingerprint density at radius 1 is 1.79 bits per heavy atom. The maximum atomic E-state index is 10.5. The third-order valence-electron chi connectivity index (χ3n) is 1.89. The van der Waals surface area contributed by atoms with E-state index in [9.17, 15) is 4.79 Å². The van der Waals surface area contributed by atoms with Crippen LogP contribution in [0.1, 0.15) is 30.8 Å². The fourth-order valence-corrected chi connectivity index (χ4v) is 1.70. The third-order valence-corrected chi connectivity index (χ3v) is 3.06. The standard InChI is InChI=1S/C9H13NO3S/c1-3-6(2)5-14-9-10-7(4-13-9)8(11)12/h4,6H,3,5H2,1-2H3,(H,11,12). The molecule has 0 spiro atoms. The van der Waals surface area contributed by atoms with Gasteiger partial charge < -0.3 is 9.52 Å². The molecule has 1 N–H and O–H groups in total. The second-order valence-electron chi connectivity index (χ2n) is 3.13. The first kappa shape index (κ1) is 11.1. The van der Waals surface area contributed by atoms with Crippen molar-refractivity contribution in [3.8, 4) is 0 Å². The van der Waals surface area contributed by atoms with Crippen molar-refractivity contribution in [3.63, 3.8) is 0 Å². The van der Waals surface area contributed by atoms with Gasteiger partial charge in [-0.3, -0.25) is 0 Å². The quantitative estimate of drug-likeness (QED) is 0.764. The summed E-state index contributed by atoms with van der Waals surface area (Å²) in [6, 6.07) is 0. The number of nitrogens with zero attached hydrogens (tertiary/aromatic N) is 1. The molecule has 0 aromatic carbocycles. The van der Waals surface area contributed by atoms with Crippen LogP contribution in [-0.4, -0.2) is 21.8 Å². The van der Waals surface area contributed by atoms with Gasteiger partial charge in [0.15, 0.2) is 5.69 Å². The third kappa shape index (κ3) is 3.06. The maximum absolute atomic E-state index is 10.5.